The lowest BCUT2D eigenvalue weighted by molar-refractivity contribution is -0.139. The number of aliphatic carboxylic acids is 1. The van der Waals surface area contributed by atoms with E-state index in [4.69, 9.17) is 5.11 Å². The summed E-state index contributed by atoms with van der Waals surface area (Å²) < 4.78 is 25.3. The molecule has 2 unspecified atom stereocenters. The molecule has 4 N–H and O–H groups in total. The topological polar surface area (TPSA) is 108 Å². The monoisotopic (exact) mass is 337 g/mol. The second-order valence-electron chi connectivity index (χ2n) is 5.62. The molecule has 1 aliphatic heterocycles. The quantitative estimate of drug-likeness (QED) is 0.583. The van der Waals surface area contributed by atoms with E-state index in [-0.39, 0.29) is 4.90 Å². The zero-order chi connectivity index (χ0) is 17.0. The average molecular weight is 337 g/mol. The van der Waals surface area contributed by atoms with E-state index in [0.717, 1.165) is 6.42 Å². The van der Waals surface area contributed by atoms with Crippen molar-refractivity contribution < 1.29 is 18.3 Å². The molecule has 0 saturated carbocycles. The Bertz CT molecular complexity index is 749. The number of hydrogen-bond donors (Lipinski definition) is 4. The highest BCUT2D eigenvalue weighted by molar-refractivity contribution is 7.92. The second kappa shape index (κ2) is 7.10. The summed E-state index contributed by atoms with van der Waals surface area (Å²) in [6.45, 7) is 4.10. The van der Waals surface area contributed by atoms with Crippen molar-refractivity contribution in [1.29, 1.82) is 0 Å². The molecule has 1 aromatic carbocycles. The molecule has 2 atom stereocenters. The molecule has 23 heavy (non-hydrogen) atoms. The Morgan fingerprint density at radius 3 is 2.74 bits per heavy atom. The van der Waals surface area contributed by atoms with Crippen molar-refractivity contribution in [3.63, 3.8) is 0 Å². The van der Waals surface area contributed by atoms with Gasteiger partial charge in [0, 0.05) is 12.0 Å². The highest BCUT2D eigenvalue weighted by atomic mass is 32.2. The zero-order valence-electron chi connectivity index (χ0n) is 12.8. The predicted molar refractivity (Wildman–Crippen MR) is 84.6 cm³/mol. The largest absolute Gasteiger partial charge is 0.480 e. The Morgan fingerprint density at radius 2 is 2.09 bits per heavy atom. The highest BCUT2D eigenvalue weighted by Crippen LogP contribution is 2.19. The lowest BCUT2D eigenvalue weighted by Crippen LogP contribution is -2.45. The Labute approximate surface area is 135 Å². The number of hydrazine groups is 2. The molecule has 0 aliphatic carbocycles. The maximum absolute atomic E-state index is 12.6. The van der Waals surface area contributed by atoms with Gasteiger partial charge in [-0.2, -0.15) is 5.53 Å². The third-order valence-electron chi connectivity index (χ3n) is 3.25. The van der Waals surface area contributed by atoms with E-state index < -0.39 is 27.2 Å². The molecule has 0 aromatic heterocycles. The maximum Gasteiger partial charge on any atom is 0.324 e. The number of sulfone groups is 1. The van der Waals surface area contributed by atoms with Gasteiger partial charge in [0.2, 0.25) is 0 Å². The standard InChI is InChI=1S/C15H19N3O4S/c1-10(2)5-3-6-11-7-4-8-12(9-11)23(21,22)14-13(15(19)20)16-18-17-14/h4,7-10,13-14,16-18H,5H2,1-2H3,(H,19,20). The summed E-state index contributed by atoms with van der Waals surface area (Å²) in [5.41, 5.74) is 7.75. The zero-order valence-corrected chi connectivity index (χ0v) is 13.6. The Hall–Kier alpha value is -1.92. The van der Waals surface area contributed by atoms with E-state index >= 15 is 0 Å². The molecule has 1 saturated heterocycles. The minimum absolute atomic E-state index is 0.0306. The summed E-state index contributed by atoms with van der Waals surface area (Å²) >= 11 is 0. The first kappa shape index (κ1) is 17.4. The van der Waals surface area contributed by atoms with Crippen LogP contribution >= 0.6 is 0 Å². The predicted octanol–water partition coefficient (Wildman–Crippen LogP) is 0.250. The van der Waals surface area contributed by atoms with Gasteiger partial charge in [0.25, 0.3) is 0 Å². The molecular formula is C15H19N3O4S. The van der Waals surface area contributed by atoms with E-state index in [0.29, 0.717) is 11.5 Å². The normalized spacial score (nSPS) is 21.0. The summed E-state index contributed by atoms with van der Waals surface area (Å²) in [7, 11) is -3.88. The van der Waals surface area contributed by atoms with E-state index in [1.807, 2.05) is 13.8 Å². The third kappa shape index (κ3) is 4.09. The summed E-state index contributed by atoms with van der Waals surface area (Å²) in [6, 6.07) is 4.93. The van der Waals surface area contributed by atoms with Crippen LogP contribution in [0.3, 0.4) is 0 Å². The van der Waals surface area contributed by atoms with Crippen molar-refractivity contribution >= 4 is 15.8 Å². The molecule has 1 aliphatic rings. The van der Waals surface area contributed by atoms with Crippen molar-refractivity contribution in [1.82, 2.24) is 16.4 Å². The Kier molecular flexibility index (Phi) is 5.38. The molecule has 0 spiro atoms. The van der Waals surface area contributed by atoms with Gasteiger partial charge in [-0.15, -0.1) is 0 Å². The van der Waals surface area contributed by atoms with Crippen molar-refractivity contribution in [2.24, 2.45) is 5.92 Å². The van der Waals surface area contributed by atoms with Crippen LogP contribution in [0.25, 0.3) is 0 Å². The van der Waals surface area contributed by atoms with Crippen LogP contribution in [0.2, 0.25) is 0 Å². The molecule has 124 valence electrons. The molecule has 0 bridgehead atoms. The van der Waals surface area contributed by atoms with Crippen molar-refractivity contribution in [3.8, 4) is 11.8 Å². The van der Waals surface area contributed by atoms with Gasteiger partial charge < -0.3 is 5.11 Å². The molecule has 0 amide bonds. The lowest BCUT2D eigenvalue weighted by Gasteiger charge is -2.15. The first-order chi connectivity index (χ1) is 10.8. The van der Waals surface area contributed by atoms with Gasteiger partial charge in [-0.25, -0.2) is 19.3 Å². The summed E-state index contributed by atoms with van der Waals surface area (Å²) in [5, 5.41) is 7.78. The summed E-state index contributed by atoms with van der Waals surface area (Å²) in [6.07, 6.45) is 0.718. The van der Waals surface area contributed by atoms with Crippen LogP contribution in [-0.4, -0.2) is 30.9 Å². The fourth-order valence-corrected chi connectivity index (χ4v) is 3.66. The van der Waals surface area contributed by atoms with Crippen LogP contribution < -0.4 is 16.4 Å². The van der Waals surface area contributed by atoms with Crippen molar-refractivity contribution in [2.45, 2.75) is 36.6 Å². The Morgan fingerprint density at radius 1 is 1.35 bits per heavy atom. The van der Waals surface area contributed by atoms with Gasteiger partial charge >= 0.3 is 5.97 Å². The van der Waals surface area contributed by atoms with Crippen LogP contribution in [0.4, 0.5) is 0 Å². The summed E-state index contributed by atoms with van der Waals surface area (Å²) in [4.78, 5) is 11.2. The number of carboxylic acids is 1. The molecule has 1 heterocycles. The van der Waals surface area contributed by atoms with Crippen LogP contribution in [-0.2, 0) is 14.6 Å². The molecule has 8 heteroatoms. The molecule has 1 aromatic rings. The van der Waals surface area contributed by atoms with Gasteiger partial charge in [0.1, 0.15) is 0 Å². The van der Waals surface area contributed by atoms with E-state index in [2.05, 4.69) is 28.2 Å². The van der Waals surface area contributed by atoms with Gasteiger partial charge in [0.15, 0.2) is 21.3 Å². The summed E-state index contributed by atoms with van der Waals surface area (Å²) in [5.74, 6) is 5.10. The fourth-order valence-electron chi connectivity index (χ4n) is 2.05. The fraction of sp³-hybridized carbons (Fsp3) is 0.400. The van der Waals surface area contributed by atoms with Crippen LogP contribution in [0.5, 0.6) is 0 Å². The number of carbonyl (C=O) groups is 1. The van der Waals surface area contributed by atoms with Crippen LogP contribution in [0, 0.1) is 17.8 Å². The smallest absolute Gasteiger partial charge is 0.324 e. The molecular weight excluding hydrogens is 318 g/mol. The highest BCUT2D eigenvalue weighted by Gasteiger charge is 2.42. The molecule has 0 radical (unpaired) electrons. The Balaban J connectivity index is 2.29. The first-order valence-electron chi connectivity index (χ1n) is 7.14. The van der Waals surface area contributed by atoms with Gasteiger partial charge in [0.05, 0.1) is 4.90 Å². The molecule has 7 nitrogen and oxygen atoms in total. The van der Waals surface area contributed by atoms with Gasteiger partial charge in [-0.1, -0.05) is 31.8 Å². The minimum atomic E-state index is -3.88. The van der Waals surface area contributed by atoms with Gasteiger partial charge in [-0.3, -0.25) is 4.79 Å². The first-order valence-corrected chi connectivity index (χ1v) is 8.68. The average Bonchev–Trinajstić information content (AvgIpc) is 2.97. The molecule has 1 fully saturated rings. The van der Waals surface area contributed by atoms with Crippen LogP contribution in [0.15, 0.2) is 29.2 Å². The van der Waals surface area contributed by atoms with Crippen molar-refractivity contribution in [2.75, 3.05) is 0 Å². The van der Waals surface area contributed by atoms with E-state index in [1.165, 1.54) is 12.1 Å². The second-order valence-corrected chi connectivity index (χ2v) is 7.69. The van der Waals surface area contributed by atoms with Crippen LogP contribution in [0.1, 0.15) is 25.8 Å². The maximum atomic E-state index is 12.6. The number of rotatable bonds is 4. The minimum Gasteiger partial charge on any atom is -0.480 e. The molecule has 2 rings (SSSR count). The SMILES string of the molecule is CC(C)CC#Cc1cccc(S(=O)(=O)C2NNNC2C(=O)O)c1. The number of benzene rings is 1. The number of nitrogens with one attached hydrogen (secondary N) is 3. The van der Waals surface area contributed by atoms with E-state index in [1.54, 1.807) is 12.1 Å². The third-order valence-corrected chi connectivity index (χ3v) is 5.22. The van der Waals surface area contributed by atoms with Gasteiger partial charge in [-0.05, 0) is 24.1 Å². The lowest BCUT2D eigenvalue weighted by atomic mass is 10.1. The van der Waals surface area contributed by atoms with E-state index in [9.17, 15) is 13.2 Å². The number of hydrogen-bond acceptors (Lipinski definition) is 6. The van der Waals surface area contributed by atoms with Crippen molar-refractivity contribution in [3.05, 3.63) is 29.8 Å². The number of carboxylic acid groups (broad SMARTS) is 1.